The van der Waals surface area contributed by atoms with Crippen LogP contribution in [0.1, 0.15) is 25.0 Å². The molecule has 0 bridgehead atoms. The van der Waals surface area contributed by atoms with Gasteiger partial charge in [0.2, 0.25) is 5.91 Å². The van der Waals surface area contributed by atoms with E-state index in [1.54, 1.807) is 16.8 Å². The zero-order chi connectivity index (χ0) is 10.5. The quantitative estimate of drug-likeness (QED) is 0.894. The van der Waals surface area contributed by atoms with E-state index in [1.807, 2.05) is 5.38 Å². The van der Waals surface area contributed by atoms with Crippen LogP contribution in [0.4, 0.5) is 0 Å². The number of carbonyl (C=O) groups excluding carboxylic acids is 1. The molecule has 0 aliphatic carbocycles. The standard InChI is InChI=1S/C10H15N3OS.2ClH/c14-10(9-3-1-2-4-11-9)12-5-8-6-15-7-13-8;;/h6-7,9,11H,1-5H2,(H,12,14);2*1H. The van der Waals surface area contributed by atoms with Crippen LogP contribution in [0.15, 0.2) is 10.9 Å². The van der Waals surface area contributed by atoms with E-state index in [0.717, 1.165) is 25.1 Å². The molecule has 0 spiro atoms. The van der Waals surface area contributed by atoms with Gasteiger partial charge in [0, 0.05) is 5.38 Å². The van der Waals surface area contributed by atoms with Crippen molar-refractivity contribution < 1.29 is 4.79 Å². The van der Waals surface area contributed by atoms with Crippen molar-refractivity contribution in [3.8, 4) is 0 Å². The second-order valence-corrected chi connectivity index (χ2v) is 4.42. The molecule has 4 nitrogen and oxygen atoms in total. The summed E-state index contributed by atoms with van der Waals surface area (Å²) in [6, 6.07) is -0.00242. The lowest BCUT2D eigenvalue weighted by Crippen LogP contribution is -2.46. The van der Waals surface area contributed by atoms with Crippen LogP contribution in [0.5, 0.6) is 0 Å². The second-order valence-electron chi connectivity index (χ2n) is 3.70. The fraction of sp³-hybridized carbons (Fsp3) is 0.600. The largest absolute Gasteiger partial charge is 0.349 e. The Bertz CT molecular complexity index is 315. The summed E-state index contributed by atoms with van der Waals surface area (Å²) < 4.78 is 0. The predicted octanol–water partition coefficient (Wildman–Crippen LogP) is 1.74. The van der Waals surface area contributed by atoms with Gasteiger partial charge >= 0.3 is 0 Å². The lowest BCUT2D eigenvalue weighted by molar-refractivity contribution is -0.123. The van der Waals surface area contributed by atoms with Crippen LogP contribution in [-0.4, -0.2) is 23.5 Å². The van der Waals surface area contributed by atoms with E-state index in [-0.39, 0.29) is 36.8 Å². The average Bonchev–Trinajstić information content (AvgIpc) is 2.80. The lowest BCUT2D eigenvalue weighted by atomic mass is 10.0. The van der Waals surface area contributed by atoms with Crippen molar-refractivity contribution in [2.24, 2.45) is 0 Å². The maximum Gasteiger partial charge on any atom is 0.237 e. The summed E-state index contributed by atoms with van der Waals surface area (Å²) in [5.41, 5.74) is 2.71. The fourth-order valence-corrected chi connectivity index (χ4v) is 2.26. The van der Waals surface area contributed by atoms with Gasteiger partial charge in [-0.3, -0.25) is 4.79 Å². The maximum absolute atomic E-state index is 11.7. The molecular weight excluding hydrogens is 281 g/mol. The van der Waals surface area contributed by atoms with E-state index in [4.69, 9.17) is 0 Å². The van der Waals surface area contributed by atoms with Crippen LogP contribution in [0, 0.1) is 0 Å². The molecule has 1 unspecified atom stereocenters. The predicted molar refractivity (Wildman–Crippen MR) is 74.1 cm³/mol. The molecule has 7 heteroatoms. The third kappa shape index (κ3) is 5.21. The van der Waals surface area contributed by atoms with E-state index in [0.29, 0.717) is 6.54 Å². The molecule has 0 saturated carbocycles. The molecule has 1 saturated heterocycles. The van der Waals surface area contributed by atoms with Crippen molar-refractivity contribution >= 4 is 42.1 Å². The van der Waals surface area contributed by atoms with Crippen LogP contribution in [0.2, 0.25) is 0 Å². The third-order valence-corrected chi connectivity index (χ3v) is 3.19. The van der Waals surface area contributed by atoms with Gasteiger partial charge in [-0.05, 0) is 19.4 Å². The fourth-order valence-electron chi connectivity index (χ4n) is 1.70. The number of hydrogen-bond donors (Lipinski definition) is 2. The molecule has 1 aliphatic heterocycles. The number of thiazole rings is 1. The van der Waals surface area contributed by atoms with Crippen LogP contribution in [0.3, 0.4) is 0 Å². The van der Waals surface area contributed by atoms with Gasteiger partial charge in [0.05, 0.1) is 23.8 Å². The van der Waals surface area contributed by atoms with Gasteiger partial charge in [-0.25, -0.2) is 4.98 Å². The van der Waals surface area contributed by atoms with Crippen molar-refractivity contribution in [1.82, 2.24) is 15.6 Å². The number of halogens is 2. The van der Waals surface area contributed by atoms with Crippen molar-refractivity contribution in [2.75, 3.05) is 6.54 Å². The van der Waals surface area contributed by atoms with E-state index in [1.165, 1.54) is 6.42 Å². The van der Waals surface area contributed by atoms with E-state index in [2.05, 4.69) is 15.6 Å². The summed E-state index contributed by atoms with van der Waals surface area (Å²) in [7, 11) is 0. The smallest absolute Gasteiger partial charge is 0.237 e. The number of nitrogens with zero attached hydrogens (tertiary/aromatic N) is 1. The normalized spacial score (nSPS) is 18.7. The highest BCUT2D eigenvalue weighted by Crippen LogP contribution is 2.07. The number of nitrogens with one attached hydrogen (secondary N) is 2. The molecule has 2 N–H and O–H groups in total. The molecule has 1 aliphatic rings. The summed E-state index contributed by atoms with van der Waals surface area (Å²) >= 11 is 1.55. The molecule has 0 radical (unpaired) electrons. The van der Waals surface area contributed by atoms with Crippen LogP contribution < -0.4 is 10.6 Å². The number of hydrogen-bond acceptors (Lipinski definition) is 4. The van der Waals surface area contributed by atoms with Gasteiger partial charge in [0.25, 0.3) is 0 Å². The minimum Gasteiger partial charge on any atom is -0.349 e. The summed E-state index contributed by atoms with van der Waals surface area (Å²) in [4.78, 5) is 15.8. The highest BCUT2D eigenvalue weighted by atomic mass is 35.5. The first kappa shape index (κ1) is 16.6. The number of piperidine rings is 1. The van der Waals surface area contributed by atoms with Crippen LogP contribution >= 0.6 is 36.2 Å². The Morgan fingerprint density at radius 3 is 2.94 bits per heavy atom. The second kappa shape index (κ2) is 8.69. The first-order chi connectivity index (χ1) is 7.36. The monoisotopic (exact) mass is 297 g/mol. The topological polar surface area (TPSA) is 54.0 Å². The summed E-state index contributed by atoms with van der Waals surface area (Å²) in [5, 5.41) is 8.07. The molecule has 2 heterocycles. The Kier molecular flexibility index (Phi) is 8.51. The van der Waals surface area contributed by atoms with Gasteiger partial charge in [0.15, 0.2) is 0 Å². The van der Waals surface area contributed by atoms with Gasteiger partial charge < -0.3 is 10.6 Å². The van der Waals surface area contributed by atoms with Crippen LogP contribution in [-0.2, 0) is 11.3 Å². The Morgan fingerprint density at radius 1 is 1.53 bits per heavy atom. The Morgan fingerprint density at radius 2 is 2.35 bits per heavy atom. The molecule has 0 aromatic carbocycles. The first-order valence-electron chi connectivity index (χ1n) is 5.24. The van der Waals surface area contributed by atoms with Gasteiger partial charge in [-0.1, -0.05) is 6.42 Å². The number of aromatic nitrogens is 1. The van der Waals surface area contributed by atoms with Gasteiger partial charge in [-0.2, -0.15) is 0 Å². The molecular formula is C10H17Cl2N3OS. The molecule has 1 aromatic heterocycles. The number of rotatable bonds is 3. The minimum absolute atomic E-state index is 0. The summed E-state index contributed by atoms with van der Waals surface area (Å²) in [6.45, 7) is 1.50. The molecule has 17 heavy (non-hydrogen) atoms. The van der Waals surface area contributed by atoms with Crippen LogP contribution in [0.25, 0.3) is 0 Å². The minimum atomic E-state index is -0.00242. The molecule has 2 rings (SSSR count). The van der Waals surface area contributed by atoms with E-state index >= 15 is 0 Å². The number of amides is 1. The number of carbonyl (C=O) groups is 1. The molecule has 1 fully saturated rings. The van der Waals surface area contributed by atoms with E-state index < -0.39 is 0 Å². The van der Waals surface area contributed by atoms with Crippen molar-refractivity contribution in [3.63, 3.8) is 0 Å². The zero-order valence-corrected chi connectivity index (χ0v) is 11.8. The highest BCUT2D eigenvalue weighted by molar-refractivity contribution is 7.07. The molecule has 1 aromatic rings. The lowest BCUT2D eigenvalue weighted by Gasteiger charge is -2.22. The Hall–Kier alpha value is -0.360. The van der Waals surface area contributed by atoms with Crippen molar-refractivity contribution in [1.29, 1.82) is 0 Å². The highest BCUT2D eigenvalue weighted by Gasteiger charge is 2.19. The Labute approximate surface area is 117 Å². The molecule has 1 atom stereocenters. The average molecular weight is 298 g/mol. The van der Waals surface area contributed by atoms with Crippen molar-refractivity contribution in [3.05, 3.63) is 16.6 Å². The SMILES string of the molecule is Cl.Cl.O=C(NCc1cscn1)C1CCCCN1. The van der Waals surface area contributed by atoms with Gasteiger partial charge in [-0.15, -0.1) is 36.2 Å². The summed E-state index contributed by atoms with van der Waals surface area (Å²) in [6.07, 6.45) is 3.26. The third-order valence-electron chi connectivity index (χ3n) is 2.55. The zero-order valence-electron chi connectivity index (χ0n) is 9.35. The van der Waals surface area contributed by atoms with E-state index in [9.17, 15) is 4.79 Å². The van der Waals surface area contributed by atoms with Crippen molar-refractivity contribution in [2.45, 2.75) is 31.8 Å². The molecule has 1 amide bonds. The first-order valence-corrected chi connectivity index (χ1v) is 6.19. The maximum atomic E-state index is 11.7. The molecule has 98 valence electrons. The Balaban J connectivity index is 0.00000128. The van der Waals surface area contributed by atoms with Gasteiger partial charge in [0.1, 0.15) is 0 Å². The summed E-state index contributed by atoms with van der Waals surface area (Å²) in [5.74, 6) is 0.0997.